The summed E-state index contributed by atoms with van der Waals surface area (Å²) >= 11 is 0. The van der Waals surface area contributed by atoms with E-state index in [-0.39, 0.29) is 34.2 Å². The third kappa shape index (κ3) is 7.06. The molecule has 0 aliphatic carbocycles. The number of aryl methyl sites for hydroxylation is 1. The van der Waals surface area contributed by atoms with Gasteiger partial charge in [-0.05, 0) is 66.6 Å². The number of cyclic esters (lactones) is 1. The average molecular weight is 576 g/mol. The fourth-order valence-corrected chi connectivity index (χ4v) is 6.28. The van der Waals surface area contributed by atoms with E-state index in [4.69, 9.17) is 10.3 Å². The molecule has 0 fully saturated rings. The maximum absolute atomic E-state index is 13.5. The first kappa shape index (κ1) is 29.6. The number of benzene rings is 2. The SMILES string of the molecule is CCC[C@@]1(CCc2ccccc2)CC(O)=C([C@H](CC)c2cccc(NS(=O)(=O)c3ccc(N=[N+]=[N-])cn3)c2)C(=O)O1. The van der Waals surface area contributed by atoms with Crippen LogP contribution >= 0.6 is 0 Å². The van der Waals surface area contributed by atoms with Crippen molar-refractivity contribution < 1.29 is 23.1 Å². The van der Waals surface area contributed by atoms with Crippen LogP contribution in [0.4, 0.5) is 11.4 Å². The van der Waals surface area contributed by atoms with Crippen LogP contribution in [-0.4, -0.2) is 30.1 Å². The second-order valence-corrected chi connectivity index (χ2v) is 11.7. The van der Waals surface area contributed by atoms with E-state index >= 15 is 0 Å². The van der Waals surface area contributed by atoms with Crippen LogP contribution in [0, 0.1) is 0 Å². The molecule has 4 rings (SSSR count). The van der Waals surface area contributed by atoms with Gasteiger partial charge < -0.3 is 9.84 Å². The topological polar surface area (TPSA) is 154 Å². The minimum absolute atomic E-state index is 0.0184. The summed E-state index contributed by atoms with van der Waals surface area (Å²) in [7, 11) is -4.04. The molecular formula is C30H33N5O5S. The zero-order valence-corrected chi connectivity index (χ0v) is 23.8. The summed E-state index contributed by atoms with van der Waals surface area (Å²) in [5.41, 5.74) is 10.2. The summed E-state index contributed by atoms with van der Waals surface area (Å²) in [4.78, 5) is 20.0. The third-order valence-corrected chi connectivity index (χ3v) is 8.50. The number of hydrogen-bond acceptors (Lipinski definition) is 7. The van der Waals surface area contributed by atoms with Crippen molar-refractivity contribution in [2.45, 2.75) is 68.9 Å². The van der Waals surface area contributed by atoms with Crippen molar-refractivity contribution >= 4 is 27.4 Å². The molecule has 0 saturated heterocycles. The van der Waals surface area contributed by atoms with Gasteiger partial charge in [0.25, 0.3) is 10.0 Å². The summed E-state index contributed by atoms with van der Waals surface area (Å²) in [5, 5.41) is 14.4. The minimum atomic E-state index is -4.04. The summed E-state index contributed by atoms with van der Waals surface area (Å²) in [6.07, 6.45) is 4.63. The number of pyridine rings is 1. The van der Waals surface area contributed by atoms with Crippen molar-refractivity contribution in [3.05, 3.63) is 106 Å². The van der Waals surface area contributed by atoms with Crippen LogP contribution in [0.25, 0.3) is 10.4 Å². The third-order valence-electron chi connectivity index (χ3n) is 7.20. The van der Waals surface area contributed by atoms with Gasteiger partial charge in [-0.1, -0.05) is 67.8 Å². The van der Waals surface area contributed by atoms with Crippen LogP contribution in [0.1, 0.15) is 63.0 Å². The summed E-state index contributed by atoms with van der Waals surface area (Å²) in [5.74, 6) is -1.02. The van der Waals surface area contributed by atoms with E-state index in [9.17, 15) is 18.3 Å². The molecule has 3 aromatic rings. The first-order valence-corrected chi connectivity index (χ1v) is 15.0. The van der Waals surface area contributed by atoms with Gasteiger partial charge in [0.2, 0.25) is 0 Å². The molecule has 1 aromatic heterocycles. The number of ether oxygens (including phenoxy) is 1. The fourth-order valence-electron chi connectivity index (χ4n) is 5.30. The highest BCUT2D eigenvalue weighted by Gasteiger charge is 2.43. The van der Waals surface area contributed by atoms with Crippen molar-refractivity contribution in [2.24, 2.45) is 5.11 Å². The molecule has 1 aliphatic heterocycles. The number of aliphatic hydroxyl groups excluding tert-OH is 1. The van der Waals surface area contributed by atoms with Crippen molar-refractivity contribution in [3.8, 4) is 0 Å². The lowest BCUT2D eigenvalue weighted by Gasteiger charge is -2.38. The number of sulfonamides is 1. The molecule has 1 aliphatic rings. The molecule has 11 heteroatoms. The molecule has 0 radical (unpaired) electrons. The number of nitrogens with zero attached hydrogens (tertiary/aromatic N) is 4. The molecule has 0 saturated carbocycles. The van der Waals surface area contributed by atoms with Gasteiger partial charge in [0.15, 0.2) is 5.03 Å². The first-order chi connectivity index (χ1) is 19.7. The van der Waals surface area contributed by atoms with Crippen LogP contribution in [-0.2, 0) is 26.0 Å². The fraction of sp³-hybridized carbons (Fsp3) is 0.333. The van der Waals surface area contributed by atoms with Gasteiger partial charge in [0.05, 0.1) is 11.3 Å². The Kier molecular flexibility index (Phi) is 9.31. The molecule has 0 amide bonds. The number of aliphatic hydroxyl groups is 1. The maximum Gasteiger partial charge on any atom is 0.338 e. The van der Waals surface area contributed by atoms with Gasteiger partial charge in [0, 0.05) is 29.1 Å². The molecule has 2 aromatic carbocycles. The standard InChI is InChI=1S/C30H33N5O5S/c1-3-16-30(17-15-21-9-6-5-7-10-21)19-26(36)28(29(37)40-30)25(4-2)22-11-8-12-23(18-22)34-41(38,39)27-14-13-24(20-32-27)33-35-31/h5-14,18,20,25,34,36H,3-4,15-17,19H2,1-2H3/t25-,30-/m1/s1. The van der Waals surface area contributed by atoms with Gasteiger partial charge in [-0.2, -0.15) is 8.42 Å². The minimum Gasteiger partial charge on any atom is -0.512 e. The number of azide groups is 1. The Bertz CT molecular complexity index is 1570. The molecule has 2 N–H and O–H groups in total. The van der Waals surface area contributed by atoms with Crippen LogP contribution in [0.15, 0.2) is 94.4 Å². The number of nitrogens with one attached hydrogen (secondary N) is 1. The number of rotatable bonds is 12. The molecule has 0 spiro atoms. The Morgan fingerprint density at radius 2 is 1.90 bits per heavy atom. The van der Waals surface area contributed by atoms with Gasteiger partial charge in [0.1, 0.15) is 11.4 Å². The van der Waals surface area contributed by atoms with E-state index < -0.39 is 27.5 Å². The molecule has 2 atom stereocenters. The monoisotopic (exact) mass is 575 g/mol. The molecule has 214 valence electrons. The molecule has 2 heterocycles. The number of carbonyl (C=O) groups is 1. The number of hydrogen-bond donors (Lipinski definition) is 2. The van der Waals surface area contributed by atoms with Crippen molar-refractivity contribution in [1.29, 1.82) is 0 Å². The zero-order chi connectivity index (χ0) is 29.5. The quantitative estimate of drug-likeness (QED) is 0.100. The highest BCUT2D eigenvalue weighted by molar-refractivity contribution is 7.92. The number of aromatic nitrogens is 1. The summed E-state index contributed by atoms with van der Waals surface area (Å²) < 4.78 is 34.5. The predicted octanol–water partition coefficient (Wildman–Crippen LogP) is 7.25. The van der Waals surface area contributed by atoms with Gasteiger partial charge in [-0.15, -0.1) is 0 Å². The number of esters is 1. The van der Waals surface area contributed by atoms with Crippen LogP contribution in [0.2, 0.25) is 0 Å². The maximum atomic E-state index is 13.5. The number of carbonyl (C=O) groups excluding carboxylic acids is 1. The highest BCUT2D eigenvalue weighted by Crippen LogP contribution is 2.42. The van der Waals surface area contributed by atoms with Crippen LogP contribution in [0.5, 0.6) is 0 Å². The Hall–Kier alpha value is -4.34. The van der Waals surface area contributed by atoms with E-state index in [0.29, 0.717) is 24.8 Å². The van der Waals surface area contributed by atoms with Crippen molar-refractivity contribution in [1.82, 2.24) is 4.98 Å². The second kappa shape index (κ2) is 12.9. The molecule has 0 unspecified atom stereocenters. The Morgan fingerprint density at radius 1 is 1.12 bits per heavy atom. The Labute approximate surface area is 239 Å². The summed E-state index contributed by atoms with van der Waals surface area (Å²) in [6, 6.07) is 19.3. The van der Waals surface area contributed by atoms with Crippen molar-refractivity contribution in [2.75, 3.05) is 4.72 Å². The van der Waals surface area contributed by atoms with Crippen LogP contribution in [0.3, 0.4) is 0 Å². The van der Waals surface area contributed by atoms with Crippen LogP contribution < -0.4 is 4.72 Å². The van der Waals surface area contributed by atoms with Gasteiger partial charge in [-0.25, -0.2) is 9.78 Å². The lowest BCUT2D eigenvalue weighted by Crippen LogP contribution is -2.41. The second-order valence-electron chi connectivity index (χ2n) is 10.1. The molecule has 41 heavy (non-hydrogen) atoms. The first-order valence-electron chi connectivity index (χ1n) is 13.5. The van der Waals surface area contributed by atoms with Gasteiger partial charge >= 0.3 is 5.97 Å². The van der Waals surface area contributed by atoms with E-state index in [1.54, 1.807) is 24.3 Å². The number of anilines is 1. The van der Waals surface area contributed by atoms with Gasteiger partial charge in [-0.3, -0.25) is 4.72 Å². The molecule has 10 nitrogen and oxygen atoms in total. The molecular weight excluding hydrogens is 542 g/mol. The largest absolute Gasteiger partial charge is 0.512 e. The lowest BCUT2D eigenvalue weighted by atomic mass is 9.80. The highest BCUT2D eigenvalue weighted by atomic mass is 32.2. The van der Waals surface area contributed by atoms with Crippen molar-refractivity contribution in [3.63, 3.8) is 0 Å². The predicted molar refractivity (Wildman–Crippen MR) is 156 cm³/mol. The van der Waals surface area contributed by atoms with E-state index in [1.807, 2.05) is 44.2 Å². The Morgan fingerprint density at radius 3 is 2.54 bits per heavy atom. The van der Waals surface area contributed by atoms with E-state index in [0.717, 1.165) is 18.4 Å². The lowest BCUT2D eigenvalue weighted by molar-refractivity contribution is -0.161. The van der Waals surface area contributed by atoms with E-state index in [1.165, 1.54) is 18.3 Å². The summed E-state index contributed by atoms with van der Waals surface area (Å²) in [6.45, 7) is 3.92. The smallest absolute Gasteiger partial charge is 0.338 e. The molecule has 0 bridgehead atoms. The average Bonchev–Trinajstić information content (AvgIpc) is 2.95. The van der Waals surface area contributed by atoms with E-state index in [2.05, 4.69) is 19.7 Å². The zero-order valence-electron chi connectivity index (χ0n) is 23.0. The normalized spacial score (nSPS) is 17.9. The Balaban J connectivity index is 1.57.